The van der Waals surface area contributed by atoms with E-state index in [1.807, 2.05) is 0 Å². The maximum absolute atomic E-state index is 2.32. The third-order valence-corrected chi connectivity index (χ3v) is 3.28. The van der Waals surface area contributed by atoms with Gasteiger partial charge in [0.15, 0.2) is 0 Å². The first-order valence-corrected chi connectivity index (χ1v) is 5.76. The van der Waals surface area contributed by atoms with Crippen molar-refractivity contribution in [1.29, 1.82) is 0 Å². The zero-order valence-electron chi connectivity index (χ0n) is 7.93. The number of hydrogen-bond donors (Lipinski definition) is 0. The van der Waals surface area contributed by atoms with Gasteiger partial charge in [0.1, 0.15) is 0 Å². The molecule has 0 saturated carbocycles. The van der Waals surface area contributed by atoms with Gasteiger partial charge in [0.2, 0.25) is 16.3 Å². The van der Waals surface area contributed by atoms with Crippen LogP contribution in [0.15, 0.2) is 0 Å². The third-order valence-electron chi connectivity index (χ3n) is 2.12. The van der Waals surface area contributed by atoms with Crippen molar-refractivity contribution in [1.82, 2.24) is 0 Å². The predicted molar refractivity (Wildman–Crippen MR) is 61.2 cm³/mol. The molecule has 0 aromatic carbocycles. The molecule has 0 aromatic heterocycles. The van der Waals surface area contributed by atoms with E-state index in [2.05, 4.69) is 13.8 Å². The van der Waals surface area contributed by atoms with Gasteiger partial charge >= 0.3 is 0 Å². The normalized spacial score (nSPS) is 11.1. The molecule has 0 N–H and O–H groups in total. The molecule has 11 heavy (non-hydrogen) atoms. The average Bonchev–Trinajstić information content (AvgIpc) is 1.91. The minimum Gasteiger partial charge on any atom is -0.147 e. The van der Waals surface area contributed by atoms with E-state index >= 15 is 0 Å². The van der Waals surface area contributed by atoms with Crippen LogP contribution in [0.25, 0.3) is 0 Å². The van der Waals surface area contributed by atoms with Gasteiger partial charge in [0, 0.05) is 0 Å². The predicted octanol–water partition coefficient (Wildman–Crippen LogP) is 3.10. The van der Waals surface area contributed by atoms with Gasteiger partial charge < -0.3 is 0 Å². The standard InChI is InChI=1S/C8H17.Al.2ClH.2H/c1-4-6-7-8(3)5-2;;;;;/h8H,3-7H2,1-2H3;;2*1H;;. The van der Waals surface area contributed by atoms with Gasteiger partial charge in [0.05, 0.1) is 0 Å². The zero-order valence-corrected chi connectivity index (χ0v) is 11.6. The molecular formula is C8H21AlCl2. The molecule has 1 unspecified atom stereocenters. The summed E-state index contributed by atoms with van der Waals surface area (Å²) in [5.41, 5.74) is 0. The summed E-state index contributed by atoms with van der Waals surface area (Å²) in [4.78, 5) is 0. The molecule has 0 aliphatic carbocycles. The van der Waals surface area contributed by atoms with E-state index < -0.39 is 0 Å². The summed E-state index contributed by atoms with van der Waals surface area (Å²) >= 11 is 1.40. The largest absolute Gasteiger partial charge is 0.212 e. The second kappa shape index (κ2) is 13.7. The lowest BCUT2D eigenvalue weighted by atomic mass is 10.0. The van der Waals surface area contributed by atoms with Gasteiger partial charge in [-0.3, -0.25) is 0 Å². The van der Waals surface area contributed by atoms with Crippen LogP contribution in [0, 0.1) is 5.92 Å². The fourth-order valence-electron chi connectivity index (χ4n) is 1.19. The molecular weight excluding hydrogens is 194 g/mol. The van der Waals surface area contributed by atoms with Crippen LogP contribution in [0.2, 0.25) is 5.28 Å². The van der Waals surface area contributed by atoms with E-state index in [1.165, 1.54) is 47.3 Å². The molecule has 0 amide bonds. The molecule has 3 heteroatoms. The summed E-state index contributed by atoms with van der Waals surface area (Å²) in [6, 6.07) is 0. The summed E-state index contributed by atoms with van der Waals surface area (Å²) in [6.07, 6.45) is 5.71. The molecule has 0 nitrogen and oxygen atoms in total. The maximum atomic E-state index is 2.32. The fraction of sp³-hybridized carbons (Fsp3) is 1.00. The molecule has 0 aliphatic heterocycles. The Morgan fingerprint density at radius 2 is 1.73 bits per heavy atom. The van der Waals surface area contributed by atoms with Crippen molar-refractivity contribution in [2.24, 2.45) is 5.92 Å². The zero-order chi connectivity index (χ0) is 7.11. The Hall–Kier alpha value is 1.11. The summed E-state index contributed by atoms with van der Waals surface area (Å²) < 4.78 is 0. The fourth-order valence-corrected chi connectivity index (χ4v) is 2.18. The Bertz CT molecular complexity index is 56.1. The van der Waals surface area contributed by atoms with Crippen LogP contribution >= 0.6 is 24.8 Å². The highest BCUT2D eigenvalue weighted by Gasteiger charge is 2.00. The van der Waals surface area contributed by atoms with Crippen LogP contribution in [0.3, 0.4) is 0 Å². The van der Waals surface area contributed by atoms with Crippen LogP contribution in [-0.4, -0.2) is 16.3 Å². The summed E-state index contributed by atoms with van der Waals surface area (Å²) in [7, 11) is 0. The van der Waals surface area contributed by atoms with E-state index in [4.69, 9.17) is 0 Å². The van der Waals surface area contributed by atoms with E-state index in [0.717, 1.165) is 5.92 Å². The van der Waals surface area contributed by atoms with Crippen LogP contribution in [0.1, 0.15) is 39.5 Å². The minimum atomic E-state index is 0. The van der Waals surface area contributed by atoms with E-state index in [1.54, 1.807) is 0 Å². The average molecular weight is 215 g/mol. The number of halogens is 2. The molecule has 0 radical (unpaired) electrons. The summed E-state index contributed by atoms with van der Waals surface area (Å²) in [5, 5.41) is 1.51. The smallest absolute Gasteiger partial charge is 0.147 e. The lowest BCUT2D eigenvalue weighted by molar-refractivity contribution is 0.492. The van der Waals surface area contributed by atoms with Crippen molar-refractivity contribution in [3.8, 4) is 0 Å². The Morgan fingerprint density at radius 1 is 1.18 bits per heavy atom. The monoisotopic (exact) mass is 214 g/mol. The first kappa shape index (κ1) is 18.0. The van der Waals surface area contributed by atoms with Gasteiger partial charge in [-0.25, -0.2) is 0 Å². The van der Waals surface area contributed by atoms with Crippen LogP contribution in [-0.2, 0) is 0 Å². The van der Waals surface area contributed by atoms with Crippen LogP contribution in [0.4, 0.5) is 0 Å². The van der Waals surface area contributed by atoms with Gasteiger partial charge in [-0.1, -0.05) is 50.7 Å². The van der Waals surface area contributed by atoms with Gasteiger partial charge in [-0.15, -0.1) is 24.8 Å². The maximum Gasteiger partial charge on any atom is 0.212 e. The molecule has 1 atom stereocenters. The highest BCUT2D eigenvalue weighted by atomic mass is 35.5. The minimum absolute atomic E-state index is 0. The number of rotatable bonds is 5. The summed E-state index contributed by atoms with van der Waals surface area (Å²) in [5.74, 6) is 1.07. The van der Waals surface area contributed by atoms with E-state index in [0.29, 0.717) is 0 Å². The van der Waals surface area contributed by atoms with Crippen LogP contribution in [0.5, 0.6) is 0 Å². The van der Waals surface area contributed by atoms with Crippen molar-refractivity contribution < 1.29 is 0 Å². The summed E-state index contributed by atoms with van der Waals surface area (Å²) in [6.45, 7) is 4.60. The molecule has 0 heterocycles. The molecule has 0 spiro atoms. The Balaban J connectivity index is -0.000000320. The highest BCUT2D eigenvalue weighted by Crippen LogP contribution is 2.14. The molecule has 70 valence electrons. The first-order valence-electron chi connectivity index (χ1n) is 4.35. The molecule has 0 aromatic rings. The van der Waals surface area contributed by atoms with Gasteiger partial charge in [0.25, 0.3) is 0 Å². The Morgan fingerprint density at radius 3 is 2.00 bits per heavy atom. The second-order valence-electron chi connectivity index (χ2n) is 2.82. The first-order chi connectivity index (χ1) is 4.35. The van der Waals surface area contributed by atoms with Crippen molar-refractivity contribution in [3.05, 3.63) is 0 Å². The second-order valence-corrected chi connectivity index (χ2v) is 3.64. The van der Waals surface area contributed by atoms with Crippen molar-refractivity contribution in [3.63, 3.8) is 0 Å². The lowest BCUT2D eigenvalue weighted by Crippen LogP contribution is -1.96. The highest BCUT2D eigenvalue weighted by molar-refractivity contribution is 6.08. The Labute approximate surface area is 91.8 Å². The van der Waals surface area contributed by atoms with Crippen LogP contribution < -0.4 is 0 Å². The van der Waals surface area contributed by atoms with Gasteiger partial charge in [-0.2, -0.15) is 0 Å². The molecule has 0 aliphatic rings. The Kier molecular flexibility index (Phi) is 22.4. The quantitative estimate of drug-likeness (QED) is 0.618. The topological polar surface area (TPSA) is 0 Å². The van der Waals surface area contributed by atoms with Crippen molar-refractivity contribution in [2.45, 2.75) is 44.8 Å². The lowest BCUT2D eigenvalue weighted by Gasteiger charge is -2.09. The van der Waals surface area contributed by atoms with E-state index in [-0.39, 0.29) is 24.8 Å². The SMILES string of the molecule is CCCCC(CC)[CH2][AlH2].Cl.Cl. The molecule has 0 fully saturated rings. The molecule has 0 saturated heterocycles. The molecule has 0 bridgehead atoms. The van der Waals surface area contributed by atoms with Crippen molar-refractivity contribution in [2.75, 3.05) is 0 Å². The number of unbranched alkanes of at least 4 members (excludes halogenated alkanes) is 1. The number of hydrogen-bond acceptors (Lipinski definition) is 0. The molecule has 0 rings (SSSR count). The van der Waals surface area contributed by atoms with Gasteiger partial charge in [-0.05, 0) is 0 Å². The third kappa shape index (κ3) is 11.1. The van der Waals surface area contributed by atoms with E-state index in [9.17, 15) is 0 Å². The van der Waals surface area contributed by atoms with Crippen molar-refractivity contribution >= 4 is 41.1 Å².